The smallest absolute Gasteiger partial charge is 0.267 e. The highest BCUT2D eigenvalue weighted by atomic mass is 35.5. The molecule has 2 atom stereocenters. The number of carbonyl (C=O) groups is 1. The number of nitrogens with one attached hydrogen (secondary N) is 1. The molecule has 6 nitrogen and oxygen atoms in total. The highest BCUT2D eigenvalue weighted by Gasteiger charge is 2.33. The van der Waals surface area contributed by atoms with Crippen molar-refractivity contribution >= 4 is 28.8 Å². The molecule has 2 aromatic rings. The van der Waals surface area contributed by atoms with Crippen molar-refractivity contribution in [1.29, 1.82) is 0 Å². The molecule has 1 amide bonds. The van der Waals surface area contributed by atoms with E-state index in [9.17, 15) is 9.59 Å². The van der Waals surface area contributed by atoms with E-state index in [4.69, 9.17) is 16.3 Å². The van der Waals surface area contributed by atoms with Crippen molar-refractivity contribution in [2.75, 3.05) is 13.2 Å². The number of hydrogen-bond acceptors (Lipinski definition) is 5. The molecule has 0 spiro atoms. The van der Waals surface area contributed by atoms with Crippen LogP contribution in [0.2, 0.25) is 4.34 Å². The minimum Gasteiger partial charge on any atom is -0.377 e. The van der Waals surface area contributed by atoms with Gasteiger partial charge in [0, 0.05) is 6.07 Å². The van der Waals surface area contributed by atoms with E-state index in [-0.39, 0.29) is 23.6 Å². The van der Waals surface area contributed by atoms with Gasteiger partial charge in [-0.05, 0) is 37.0 Å². The second kappa shape index (κ2) is 6.31. The van der Waals surface area contributed by atoms with Crippen molar-refractivity contribution in [2.45, 2.75) is 31.3 Å². The standard InChI is InChI=1S/C16H16ClN3O3S/c17-14-5-4-13(24-14)16(22)18-11-7-23-8-12(11)20-15(21)6-9-2-1-3-10(9)19-20/h4-6,11-12H,1-3,7-8H2,(H,18,22). The fourth-order valence-electron chi connectivity index (χ4n) is 3.25. The number of aryl methyl sites for hydroxylation is 2. The van der Waals surface area contributed by atoms with E-state index in [1.807, 2.05) is 0 Å². The Morgan fingerprint density at radius 2 is 2.25 bits per heavy atom. The van der Waals surface area contributed by atoms with Crippen molar-refractivity contribution in [2.24, 2.45) is 0 Å². The van der Waals surface area contributed by atoms with Crippen LogP contribution in [-0.4, -0.2) is 34.9 Å². The molecule has 4 rings (SSSR count). The molecule has 2 aromatic heterocycles. The molecule has 2 aliphatic rings. The van der Waals surface area contributed by atoms with Crippen molar-refractivity contribution in [3.05, 3.63) is 49.0 Å². The van der Waals surface area contributed by atoms with Gasteiger partial charge in [0.2, 0.25) is 0 Å². The first-order valence-electron chi connectivity index (χ1n) is 7.87. The van der Waals surface area contributed by atoms with Gasteiger partial charge in [0.05, 0.1) is 34.2 Å². The number of nitrogens with zero attached hydrogens (tertiary/aromatic N) is 2. The van der Waals surface area contributed by atoms with E-state index in [0.29, 0.717) is 22.4 Å². The molecule has 1 aliphatic carbocycles. The molecule has 1 aliphatic heterocycles. The van der Waals surface area contributed by atoms with E-state index in [2.05, 4.69) is 10.4 Å². The third-order valence-corrected chi connectivity index (χ3v) is 5.69. The fourth-order valence-corrected chi connectivity index (χ4v) is 4.20. The minimum absolute atomic E-state index is 0.135. The van der Waals surface area contributed by atoms with Gasteiger partial charge in [-0.15, -0.1) is 11.3 Å². The van der Waals surface area contributed by atoms with Crippen LogP contribution in [0.4, 0.5) is 0 Å². The van der Waals surface area contributed by atoms with Gasteiger partial charge in [0.25, 0.3) is 11.5 Å². The lowest BCUT2D eigenvalue weighted by Gasteiger charge is -2.20. The van der Waals surface area contributed by atoms with Crippen LogP contribution in [0.25, 0.3) is 0 Å². The van der Waals surface area contributed by atoms with E-state index < -0.39 is 0 Å². The Hall–Kier alpha value is -1.70. The summed E-state index contributed by atoms with van der Waals surface area (Å²) in [6, 6.07) is 4.47. The lowest BCUT2D eigenvalue weighted by molar-refractivity contribution is 0.0928. The number of amides is 1. The number of carbonyl (C=O) groups excluding carboxylic acids is 1. The van der Waals surface area contributed by atoms with Gasteiger partial charge in [-0.3, -0.25) is 9.59 Å². The number of hydrogen-bond donors (Lipinski definition) is 1. The molecule has 1 N–H and O–H groups in total. The van der Waals surface area contributed by atoms with Gasteiger partial charge < -0.3 is 10.1 Å². The monoisotopic (exact) mass is 365 g/mol. The summed E-state index contributed by atoms with van der Waals surface area (Å²) in [5.74, 6) is -0.207. The second-order valence-corrected chi connectivity index (χ2v) is 7.76. The Morgan fingerprint density at radius 1 is 1.38 bits per heavy atom. The van der Waals surface area contributed by atoms with Crippen LogP contribution in [-0.2, 0) is 17.6 Å². The summed E-state index contributed by atoms with van der Waals surface area (Å²) in [5.41, 5.74) is 1.89. The normalized spacial score (nSPS) is 22.5. The van der Waals surface area contributed by atoms with E-state index in [0.717, 1.165) is 30.5 Å². The summed E-state index contributed by atoms with van der Waals surface area (Å²) in [5, 5.41) is 7.46. The van der Waals surface area contributed by atoms with Crippen molar-refractivity contribution in [3.63, 3.8) is 0 Å². The van der Waals surface area contributed by atoms with Gasteiger partial charge in [-0.25, -0.2) is 4.68 Å². The summed E-state index contributed by atoms with van der Waals surface area (Å²) >= 11 is 7.10. The summed E-state index contributed by atoms with van der Waals surface area (Å²) in [7, 11) is 0. The first-order chi connectivity index (χ1) is 11.6. The molecule has 3 heterocycles. The summed E-state index contributed by atoms with van der Waals surface area (Å²) in [6.07, 6.45) is 2.85. The molecule has 0 bridgehead atoms. The van der Waals surface area contributed by atoms with Crippen LogP contribution in [0.15, 0.2) is 23.0 Å². The number of halogens is 1. The molecular formula is C16H16ClN3O3S. The first-order valence-corrected chi connectivity index (χ1v) is 9.07. The van der Waals surface area contributed by atoms with Gasteiger partial charge in [-0.2, -0.15) is 5.10 Å². The maximum atomic E-state index is 12.4. The van der Waals surface area contributed by atoms with Crippen LogP contribution >= 0.6 is 22.9 Å². The quantitative estimate of drug-likeness (QED) is 0.900. The molecule has 126 valence electrons. The zero-order valence-corrected chi connectivity index (χ0v) is 14.4. The van der Waals surface area contributed by atoms with E-state index >= 15 is 0 Å². The van der Waals surface area contributed by atoms with Crippen LogP contribution in [0.3, 0.4) is 0 Å². The Kier molecular flexibility index (Phi) is 4.15. The third kappa shape index (κ3) is 2.87. The molecular weight excluding hydrogens is 350 g/mol. The Bertz CT molecular complexity index is 847. The Labute approximate surface area is 147 Å². The number of ether oxygens (including phenoxy) is 1. The van der Waals surface area contributed by atoms with Crippen molar-refractivity contribution in [1.82, 2.24) is 15.1 Å². The lowest BCUT2D eigenvalue weighted by Crippen LogP contribution is -2.44. The number of fused-ring (bicyclic) bond motifs is 1. The van der Waals surface area contributed by atoms with E-state index in [1.54, 1.807) is 18.2 Å². The highest BCUT2D eigenvalue weighted by molar-refractivity contribution is 7.18. The summed E-state index contributed by atoms with van der Waals surface area (Å²) < 4.78 is 7.54. The summed E-state index contributed by atoms with van der Waals surface area (Å²) in [4.78, 5) is 25.3. The van der Waals surface area contributed by atoms with Crippen LogP contribution in [0.5, 0.6) is 0 Å². The predicted molar refractivity (Wildman–Crippen MR) is 91.0 cm³/mol. The molecule has 2 unspecified atom stereocenters. The molecule has 0 saturated carbocycles. The Balaban J connectivity index is 1.57. The zero-order valence-electron chi connectivity index (χ0n) is 12.8. The van der Waals surface area contributed by atoms with Crippen LogP contribution < -0.4 is 10.9 Å². The van der Waals surface area contributed by atoms with Crippen LogP contribution in [0, 0.1) is 0 Å². The first kappa shape index (κ1) is 15.8. The predicted octanol–water partition coefficient (Wildman–Crippen LogP) is 1.82. The van der Waals surface area contributed by atoms with Gasteiger partial charge >= 0.3 is 0 Å². The molecule has 8 heteroatoms. The van der Waals surface area contributed by atoms with E-state index in [1.165, 1.54) is 16.0 Å². The topological polar surface area (TPSA) is 73.2 Å². The molecule has 0 radical (unpaired) electrons. The van der Waals surface area contributed by atoms with Gasteiger partial charge in [0.15, 0.2) is 0 Å². The lowest BCUT2D eigenvalue weighted by atomic mass is 10.1. The average Bonchev–Trinajstić information content (AvgIpc) is 3.27. The maximum Gasteiger partial charge on any atom is 0.267 e. The molecule has 0 aromatic carbocycles. The maximum absolute atomic E-state index is 12.4. The van der Waals surface area contributed by atoms with Gasteiger partial charge in [0.1, 0.15) is 6.04 Å². The zero-order chi connectivity index (χ0) is 16.7. The molecule has 24 heavy (non-hydrogen) atoms. The van der Waals surface area contributed by atoms with Gasteiger partial charge in [-0.1, -0.05) is 11.6 Å². The largest absolute Gasteiger partial charge is 0.377 e. The Morgan fingerprint density at radius 3 is 3.04 bits per heavy atom. The SMILES string of the molecule is O=C(NC1COCC1n1nc2c(cc1=O)CCC2)c1ccc(Cl)s1. The fraction of sp³-hybridized carbons (Fsp3) is 0.438. The summed E-state index contributed by atoms with van der Waals surface area (Å²) in [6.45, 7) is 0.725. The molecule has 1 saturated heterocycles. The van der Waals surface area contributed by atoms with Crippen LogP contribution in [0.1, 0.15) is 33.4 Å². The third-order valence-electron chi connectivity index (χ3n) is 4.46. The second-order valence-electron chi connectivity index (χ2n) is 6.04. The number of aromatic nitrogens is 2. The van der Waals surface area contributed by atoms with Crippen molar-refractivity contribution in [3.8, 4) is 0 Å². The number of rotatable bonds is 3. The van der Waals surface area contributed by atoms with Crippen molar-refractivity contribution < 1.29 is 9.53 Å². The number of thiophene rings is 1. The highest BCUT2D eigenvalue weighted by Crippen LogP contribution is 2.24. The average molecular weight is 366 g/mol. The minimum atomic E-state index is -0.289. The molecule has 1 fully saturated rings.